The van der Waals surface area contributed by atoms with Gasteiger partial charge in [-0.2, -0.15) is 0 Å². The van der Waals surface area contributed by atoms with E-state index in [0.29, 0.717) is 28.1 Å². The molecule has 2 atom stereocenters. The predicted molar refractivity (Wildman–Crippen MR) is 109 cm³/mol. The lowest BCUT2D eigenvalue weighted by Crippen LogP contribution is -2.48. The summed E-state index contributed by atoms with van der Waals surface area (Å²) in [5.41, 5.74) is 7.61. The quantitative estimate of drug-likeness (QED) is 0.743. The zero-order valence-electron chi connectivity index (χ0n) is 15.2. The van der Waals surface area contributed by atoms with Crippen molar-refractivity contribution in [3.8, 4) is 0 Å². The lowest BCUT2D eigenvalue weighted by Gasteiger charge is -2.43. The van der Waals surface area contributed by atoms with E-state index < -0.39 is 0 Å². The van der Waals surface area contributed by atoms with Crippen LogP contribution in [0.1, 0.15) is 41.8 Å². The predicted octanol–water partition coefficient (Wildman–Crippen LogP) is 4.09. The second-order valence-electron chi connectivity index (χ2n) is 7.66. The van der Waals surface area contributed by atoms with Crippen LogP contribution in [0, 0.1) is 17.8 Å². The van der Waals surface area contributed by atoms with E-state index in [9.17, 15) is 9.59 Å². The van der Waals surface area contributed by atoms with Gasteiger partial charge in [0.05, 0.1) is 16.3 Å². The van der Waals surface area contributed by atoms with E-state index >= 15 is 0 Å². The molecule has 4 rings (SSSR count). The number of benzene rings is 1. The Morgan fingerprint density at radius 2 is 1.63 bits per heavy atom. The number of carbonyl (C=O) groups excluding carboxylic acids is 2. The van der Waals surface area contributed by atoms with Gasteiger partial charge in [0, 0.05) is 12.0 Å². The zero-order chi connectivity index (χ0) is 18.8. The molecule has 0 saturated heterocycles. The van der Waals surface area contributed by atoms with Crippen molar-refractivity contribution in [1.29, 1.82) is 0 Å². The lowest BCUT2D eigenvalue weighted by molar-refractivity contribution is -0.122. The fourth-order valence-corrected chi connectivity index (χ4v) is 5.15. The molecule has 1 aromatic heterocycles. The maximum Gasteiger partial charge on any atom is 0.265 e. The molecular weight excluding hydrogens is 358 g/mol. The Morgan fingerprint density at radius 3 is 2.26 bits per heavy atom. The van der Waals surface area contributed by atoms with Crippen molar-refractivity contribution < 1.29 is 9.59 Å². The third-order valence-corrected chi connectivity index (χ3v) is 6.83. The SMILES string of the molecule is NC1C2CCCC1CC(C(=O)Nc1ccccc1NC(=O)c1cccs1)C2. The fraction of sp³-hybridized carbons (Fsp3) is 0.429. The molecule has 0 aliphatic heterocycles. The molecule has 5 nitrogen and oxygen atoms in total. The number of fused-ring (bicyclic) bond motifs is 2. The van der Waals surface area contributed by atoms with Gasteiger partial charge in [0.25, 0.3) is 5.91 Å². The zero-order valence-corrected chi connectivity index (χ0v) is 16.0. The number of para-hydroxylation sites is 2. The van der Waals surface area contributed by atoms with Crippen molar-refractivity contribution >= 4 is 34.5 Å². The molecule has 2 saturated carbocycles. The minimum absolute atomic E-state index is 0.00107. The van der Waals surface area contributed by atoms with Gasteiger partial charge in [-0.15, -0.1) is 11.3 Å². The fourth-order valence-electron chi connectivity index (χ4n) is 4.53. The highest BCUT2D eigenvalue weighted by Gasteiger charge is 2.40. The van der Waals surface area contributed by atoms with Crippen molar-refractivity contribution in [2.24, 2.45) is 23.5 Å². The van der Waals surface area contributed by atoms with E-state index in [4.69, 9.17) is 5.73 Å². The number of nitrogens with one attached hydrogen (secondary N) is 2. The van der Waals surface area contributed by atoms with Crippen LogP contribution in [0.3, 0.4) is 0 Å². The summed E-state index contributed by atoms with van der Waals surface area (Å²) < 4.78 is 0. The molecule has 1 heterocycles. The third-order valence-electron chi connectivity index (χ3n) is 5.96. The third kappa shape index (κ3) is 3.92. The Bertz CT molecular complexity index is 807. The van der Waals surface area contributed by atoms with Gasteiger partial charge in [0.1, 0.15) is 0 Å². The van der Waals surface area contributed by atoms with Gasteiger partial charge in [-0.25, -0.2) is 0 Å². The van der Waals surface area contributed by atoms with Crippen LogP contribution < -0.4 is 16.4 Å². The van der Waals surface area contributed by atoms with Crippen LogP contribution >= 0.6 is 11.3 Å². The number of hydrogen-bond acceptors (Lipinski definition) is 4. The van der Waals surface area contributed by atoms with Gasteiger partial charge < -0.3 is 16.4 Å². The average molecular weight is 384 g/mol. The Kier molecular flexibility index (Phi) is 5.27. The highest BCUT2D eigenvalue weighted by atomic mass is 32.1. The molecule has 1 aromatic carbocycles. The molecule has 27 heavy (non-hydrogen) atoms. The Morgan fingerprint density at radius 1 is 0.963 bits per heavy atom. The molecule has 2 aliphatic carbocycles. The van der Waals surface area contributed by atoms with Crippen LogP contribution in [0.5, 0.6) is 0 Å². The van der Waals surface area contributed by atoms with Crippen LogP contribution in [-0.4, -0.2) is 17.9 Å². The Balaban J connectivity index is 1.45. The highest BCUT2D eigenvalue weighted by Crippen LogP contribution is 2.42. The standard InChI is InChI=1S/C21H25N3O2S/c22-19-13-5-3-6-14(19)12-15(11-13)20(25)23-16-7-1-2-8-17(16)24-21(26)18-9-4-10-27-18/h1-2,4,7-10,13-15,19H,3,5-6,11-12,22H2,(H,23,25)(H,24,26). The first-order valence-corrected chi connectivity index (χ1v) is 10.5. The largest absolute Gasteiger partial charge is 0.327 e. The molecule has 142 valence electrons. The smallest absolute Gasteiger partial charge is 0.265 e. The van der Waals surface area contributed by atoms with Gasteiger partial charge in [0.15, 0.2) is 0 Å². The minimum Gasteiger partial charge on any atom is -0.327 e. The first-order chi connectivity index (χ1) is 13.1. The summed E-state index contributed by atoms with van der Waals surface area (Å²) in [4.78, 5) is 25.9. The molecule has 2 bridgehead atoms. The van der Waals surface area contributed by atoms with E-state index in [1.54, 1.807) is 6.07 Å². The molecule has 6 heteroatoms. The maximum atomic E-state index is 12.9. The van der Waals surface area contributed by atoms with Crippen molar-refractivity contribution in [1.82, 2.24) is 0 Å². The monoisotopic (exact) mass is 383 g/mol. The molecular formula is C21H25N3O2S. The van der Waals surface area contributed by atoms with Crippen molar-refractivity contribution in [2.75, 3.05) is 10.6 Å². The van der Waals surface area contributed by atoms with E-state index in [1.807, 2.05) is 35.7 Å². The second kappa shape index (κ2) is 7.82. The summed E-state index contributed by atoms with van der Waals surface area (Å²) in [6.07, 6.45) is 5.24. The van der Waals surface area contributed by atoms with E-state index in [1.165, 1.54) is 17.8 Å². The van der Waals surface area contributed by atoms with E-state index in [0.717, 1.165) is 25.7 Å². The average Bonchev–Trinajstić information content (AvgIpc) is 3.18. The van der Waals surface area contributed by atoms with Gasteiger partial charge >= 0.3 is 0 Å². The van der Waals surface area contributed by atoms with Gasteiger partial charge in [-0.1, -0.05) is 24.6 Å². The second-order valence-corrected chi connectivity index (χ2v) is 8.61. The highest BCUT2D eigenvalue weighted by molar-refractivity contribution is 7.12. The first kappa shape index (κ1) is 18.2. The summed E-state index contributed by atoms with van der Waals surface area (Å²) >= 11 is 1.39. The van der Waals surface area contributed by atoms with Crippen LogP contribution in [0.25, 0.3) is 0 Å². The Hall–Kier alpha value is -2.18. The lowest BCUT2D eigenvalue weighted by atomic mass is 9.65. The van der Waals surface area contributed by atoms with Gasteiger partial charge in [0.2, 0.25) is 5.91 Å². The van der Waals surface area contributed by atoms with E-state index in [-0.39, 0.29) is 23.8 Å². The number of thiophene rings is 1. The normalized spacial score (nSPS) is 27.0. The molecule has 2 amide bonds. The van der Waals surface area contributed by atoms with Crippen LogP contribution in [0.4, 0.5) is 11.4 Å². The van der Waals surface area contributed by atoms with Crippen LogP contribution in [0.2, 0.25) is 0 Å². The summed E-state index contributed by atoms with van der Waals surface area (Å²) in [6, 6.07) is 11.2. The van der Waals surface area contributed by atoms with Crippen molar-refractivity contribution in [3.63, 3.8) is 0 Å². The Labute approximate surface area is 163 Å². The van der Waals surface area contributed by atoms with E-state index in [2.05, 4.69) is 10.6 Å². The molecule has 0 radical (unpaired) electrons. The number of rotatable bonds is 4. The summed E-state index contributed by atoms with van der Waals surface area (Å²) in [7, 11) is 0. The number of hydrogen-bond donors (Lipinski definition) is 3. The summed E-state index contributed by atoms with van der Waals surface area (Å²) in [5.74, 6) is 0.798. The molecule has 2 aromatic rings. The first-order valence-electron chi connectivity index (χ1n) is 9.62. The molecule has 2 aliphatic rings. The molecule has 2 fully saturated rings. The van der Waals surface area contributed by atoms with Crippen LogP contribution in [0.15, 0.2) is 41.8 Å². The van der Waals surface area contributed by atoms with Crippen molar-refractivity contribution in [3.05, 3.63) is 46.7 Å². The number of amides is 2. The minimum atomic E-state index is -0.162. The van der Waals surface area contributed by atoms with Crippen LogP contribution in [-0.2, 0) is 4.79 Å². The number of nitrogens with two attached hydrogens (primary N) is 1. The molecule has 2 unspecified atom stereocenters. The summed E-state index contributed by atoms with van der Waals surface area (Å²) in [5, 5.41) is 7.82. The topological polar surface area (TPSA) is 84.2 Å². The maximum absolute atomic E-state index is 12.9. The summed E-state index contributed by atoms with van der Waals surface area (Å²) in [6.45, 7) is 0. The number of anilines is 2. The number of carbonyl (C=O) groups is 2. The molecule has 0 spiro atoms. The van der Waals surface area contributed by atoms with Gasteiger partial charge in [-0.3, -0.25) is 9.59 Å². The molecule has 4 N–H and O–H groups in total. The van der Waals surface area contributed by atoms with Crippen molar-refractivity contribution in [2.45, 2.75) is 38.1 Å². The van der Waals surface area contributed by atoms with Gasteiger partial charge in [-0.05, 0) is 61.1 Å².